The van der Waals surface area contributed by atoms with E-state index in [2.05, 4.69) is 35.5 Å². The average Bonchev–Trinajstić information content (AvgIpc) is 3.15. The summed E-state index contributed by atoms with van der Waals surface area (Å²) in [5.74, 6) is 3.18. The van der Waals surface area contributed by atoms with Gasteiger partial charge in [0.2, 0.25) is 11.8 Å². The molecule has 4 fully saturated rings. The predicted molar refractivity (Wildman–Crippen MR) is 139 cm³/mol. The van der Waals surface area contributed by atoms with Crippen LogP contribution in [0.5, 0.6) is 0 Å². The molecule has 34 heavy (non-hydrogen) atoms. The van der Waals surface area contributed by atoms with Crippen LogP contribution in [0.2, 0.25) is 0 Å². The third kappa shape index (κ3) is 4.13. The fraction of sp³-hybridized carbons (Fsp3) is 0.464. The number of aryl methyl sites for hydroxylation is 2. The first-order chi connectivity index (χ1) is 16.3. The second-order valence-electron chi connectivity index (χ2n) is 11.1. The number of nitrogens with one attached hydrogen (secondary N) is 2. The highest BCUT2D eigenvalue weighted by Crippen LogP contribution is 2.61. The van der Waals surface area contributed by atoms with Crippen molar-refractivity contribution in [2.75, 3.05) is 5.32 Å². The number of nitrogens with zero attached hydrogens (tertiary/aromatic N) is 1. The monoisotopic (exact) mass is 473 g/mol. The van der Waals surface area contributed by atoms with Gasteiger partial charge in [0.1, 0.15) is 5.52 Å². The Kier molecular flexibility index (Phi) is 5.25. The highest BCUT2D eigenvalue weighted by Gasteiger charge is 2.51. The van der Waals surface area contributed by atoms with E-state index in [9.17, 15) is 4.79 Å². The molecule has 0 saturated heterocycles. The zero-order valence-electron chi connectivity index (χ0n) is 19.8. The van der Waals surface area contributed by atoms with E-state index in [4.69, 9.17) is 16.6 Å². The van der Waals surface area contributed by atoms with Crippen LogP contribution >= 0.6 is 12.2 Å². The van der Waals surface area contributed by atoms with Gasteiger partial charge in [0.05, 0.1) is 0 Å². The number of benzene rings is 2. The fourth-order valence-corrected chi connectivity index (χ4v) is 7.41. The molecule has 3 aromatic rings. The molecule has 0 spiro atoms. The minimum absolute atomic E-state index is 0.0492. The summed E-state index contributed by atoms with van der Waals surface area (Å²) in [4.78, 5) is 17.5. The first-order valence-electron chi connectivity index (χ1n) is 12.4. The van der Waals surface area contributed by atoms with Crippen LogP contribution < -0.4 is 10.6 Å². The van der Waals surface area contributed by atoms with Gasteiger partial charge in [-0.05, 0) is 135 Å². The number of amides is 1. The molecule has 4 bridgehead atoms. The number of oxazole rings is 1. The number of fused-ring (bicyclic) bond motifs is 1. The molecule has 0 radical (unpaired) electrons. The quantitative estimate of drug-likeness (QED) is 0.422. The van der Waals surface area contributed by atoms with Crippen molar-refractivity contribution < 1.29 is 9.21 Å². The highest BCUT2D eigenvalue weighted by atomic mass is 32.1. The molecule has 5 nitrogen and oxygen atoms in total. The highest BCUT2D eigenvalue weighted by molar-refractivity contribution is 7.80. The Balaban J connectivity index is 1.07. The van der Waals surface area contributed by atoms with Gasteiger partial charge in [-0.3, -0.25) is 4.79 Å². The Morgan fingerprint density at radius 3 is 2.29 bits per heavy atom. The van der Waals surface area contributed by atoms with Crippen molar-refractivity contribution in [3.05, 3.63) is 47.5 Å². The van der Waals surface area contributed by atoms with Gasteiger partial charge in [0.15, 0.2) is 10.7 Å². The Morgan fingerprint density at radius 2 is 1.65 bits per heavy atom. The lowest BCUT2D eigenvalue weighted by Gasteiger charge is -2.56. The van der Waals surface area contributed by atoms with Gasteiger partial charge >= 0.3 is 0 Å². The van der Waals surface area contributed by atoms with Crippen molar-refractivity contribution in [1.29, 1.82) is 0 Å². The van der Waals surface area contributed by atoms with E-state index in [0.29, 0.717) is 17.4 Å². The van der Waals surface area contributed by atoms with E-state index in [1.807, 2.05) is 30.3 Å². The molecule has 0 aliphatic heterocycles. The Bertz CT molecular complexity index is 1200. The molecule has 7 rings (SSSR count). The molecule has 1 amide bonds. The lowest BCUT2D eigenvalue weighted by Crippen LogP contribution is -2.48. The molecule has 1 aromatic heterocycles. The van der Waals surface area contributed by atoms with Crippen LogP contribution in [-0.2, 0) is 4.79 Å². The molecule has 2 aromatic carbocycles. The minimum Gasteiger partial charge on any atom is -0.436 e. The summed E-state index contributed by atoms with van der Waals surface area (Å²) in [5, 5.41) is 6.43. The van der Waals surface area contributed by atoms with Gasteiger partial charge in [-0.1, -0.05) is 0 Å². The average molecular weight is 474 g/mol. The third-order valence-electron chi connectivity index (χ3n) is 8.35. The molecule has 176 valence electrons. The standard InChI is InChI=1S/C28H31N3O2S/c1-16-7-23-24(8-17(16)2)33-26(30-23)21-3-5-22(6-4-21)29-27(34)31-25(32)15-28-12-18-9-19(13-28)11-20(10-18)14-28/h3-8,18-20H,9-15H2,1-2H3,(H2,29,31,32,34). The van der Waals surface area contributed by atoms with E-state index in [-0.39, 0.29) is 11.3 Å². The molecule has 0 unspecified atom stereocenters. The van der Waals surface area contributed by atoms with Crippen LogP contribution in [0.25, 0.3) is 22.6 Å². The van der Waals surface area contributed by atoms with Gasteiger partial charge in [0.25, 0.3) is 0 Å². The fourth-order valence-electron chi connectivity index (χ4n) is 7.18. The molecular weight excluding hydrogens is 442 g/mol. The van der Waals surface area contributed by atoms with Gasteiger partial charge in [-0.2, -0.15) is 0 Å². The van der Waals surface area contributed by atoms with E-state index in [1.54, 1.807) is 0 Å². The largest absolute Gasteiger partial charge is 0.436 e. The number of carbonyl (C=O) groups excluding carboxylic acids is 1. The lowest BCUT2D eigenvalue weighted by atomic mass is 9.49. The molecule has 6 heteroatoms. The maximum absolute atomic E-state index is 12.8. The topological polar surface area (TPSA) is 67.2 Å². The van der Waals surface area contributed by atoms with Gasteiger partial charge in [0, 0.05) is 17.7 Å². The van der Waals surface area contributed by atoms with Crippen molar-refractivity contribution in [1.82, 2.24) is 10.3 Å². The Morgan fingerprint density at radius 1 is 1.03 bits per heavy atom. The Labute approximate surface area is 205 Å². The summed E-state index contributed by atoms with van der Waals surface area (Å²) in [6.07, 6.45) is 8.45. The van der Waals surface area contributed by atoms with Crippen LogP contribution in [0.1, 0.15) is 56.1 Å². The van der Waals surface area contributed by atoms with E-state index < -0.39 is 0 Å². The van der Waals surface area contributed by atoms with Gasteiger partial charge in [-0.25, -0.2) is 4.98 Å². The Hall–Kier alpha value is -2.73. The van der Waals surface area contributed by atoms with Crippen molar-refractivity contribution in [2.24, 2.45) is 23.2 Å². The van der Waals surface area contributed by atoms with Crippen LogP contribution in [0.15, 0.2) is 40.8 Å². The first kappa shape index (κ1) is 21.8. The number of hydrogen-bond acceptors (Lipinski definition) is 4. The number of carbonyl (C=O) groups is 1. The van der Waals surface area contributed by atoms with E-state index in [0.717, 1.165) is 40.1 Å². The van der Waals surface area contributed by atoms with Crippen molar-refractivity contribution in [3.8, 4) is 11.5 Å². The van der Waals surface area contributed by atoms with Crippen LogP contribution in [0.4, 0.5) is 5.69 Å². The summed E-state index contributed by atoms with van der Waals surface area (Å²) in [6.45, 7) is 4.15. The summed E-state index contributed by atoms with van der Waals surface area (Å²) >= 11 is 5.44. The first-order valence-corrected chi connectivity index (χ1v) is 12.8. The summed E-state index contributed by atoms with van der Waals surface area (Å²) < 4.78 is 5.96. The molecule has 4 saturated carbocycles. The number of hydrogen-bond donors (Lipinski definition) is 2. The van der Waals surface area contributed by atoms with E-state index in [1.165, 1.54) is 49.7 Å². The zero-order chi connectivity index (χ0) is 23.4. The van der Waals surface area contributed by atoms with Crippen molar-refractivity contribution in [2.45, 2.75) is 58.8 Å². The van der Waals surface area contributed by atoms with E-state index >= 15 is 0 Å². The van der Waals surface area contributed by atoms with Crippen LogP contribution in [0.3, 0.4) is 0 Å². The lowest BCUT2D eigenvalue weighted by molar-refractivity contribution is -0.127. The normalized spacial score (nSPS) is 27.2. The molecule has 1 heterocycles. The van der Waals surface area contributed by atoms with Crippen molar-refractivity contribution in [3.63, 3.8) is 0 Å². The van der Waals surface area contributed by atoms with Crippen LogP contribution in [-0.4, -0.2) is 16.0 Å². The number of thiocarbonyl (C=S) groups is 1. The number of rotatable bonds is 4. The molecule has 2 N–H and O–H groups in total. The second-order valence-corrected chi connectivity index (χ2v) is 11.5. The number of anilines is 1. The molecule has 4 aliphatic rings. The molecule has 4 aliphatic carbocycles. The summed E-state index contributed by atoms with van der Waals surface area (Å²) in [6, 6.07) is 11.8. The van der Waals surface area contributed by atoms with Crippen LogP contribution in [0, 0.1) is 37.0 Å². The predicted octanol–water partition coefficient (Wildman–Crippen LogP) is 6.53. The molecule has 0 atom stereocenters. The maximum atomic E-state index is 12.8. The smallest absolute Gasteiger partial charge is 0.227 e. The minimum atomic E-state index is 0.0492. The maximum Gasteiger partial charge on any atom is 0.227 e. The summed E-state index contributed by atoms with van der Waals surface area (Å²) in [5.41, 5.74) is 5.98. The second kappa shape index (κ2) is 8.19. The number of aromatic nitrogens is 1. The SMILES string of the molecule is Cc1cc2nc(-c3ccc(NC(=S)NC(=O)CC45CC6CC(CC(C6)C4)C5)cc3)oc2cc1C. The third-order valence-corrected chi connectivity index (χ3v) is 8.55. The summed E-state index contributed by atoms with van der Waals surface area (Å²) in [7, 11) is 0. The zero-order valence-corrected chi connectivity index (χ0v) is 20.6. The van der Waals surface area contributed by atoms with Gasteiger partial charge in [-0.15, -0.1) is 0 Å². The molecular formula is C28H31N3O2S. The van der Waals surface area contributed by atoms with Gasteiger partial charge < -0.3 is 15.1 Å². The van der Waals surface area contributed by atoms with Crippen molar-refractivity contribution >= 4 is 40.0 Å².